The van der Waals surface area contributed by atoms with E-state index in [0.717, 1.165) is 6.54 Å². The van der Waals surface area contributed by atoms with Gasteiger partial charge in [0.05, 0.1) is 5.60 Å². The second kappa shape index (κ2) is 2.89. The van der Waals surface area contributed by atoms with E-state index in [2.05, 4.69) is 19.2 Å². The van der Waals surface area contributed by atoms with Crippen LogP contribution in [0.3, 0.4) is 0 Å². The van der Waals surface area contributed by atoms with Gasteiger partial charge in [-0.3, -0.25) is 0 Å². The Balaban J connectivity index is 2.45. The maximum Gasteiger partial charge on any atom is 0.0775 e. The van der Waals surface area contributed by atoms with Crippen LogP contribution in [0.2, 0.25) is 0 Å². The molecule has 1 fully saturated rings. The molecule has 0 bridgehead atoms. The largest absolute Gasteiger partial charge is 0.377 e. The molecule has 1 heterocycles. The quantitative estimate of drug-likeness (QED) is 0.626. The molecule has 0 aromatic carbocycles. The summed E-state index contributed by atoms with van der Waals surface area (Å²) in [6.45, 7) is 5.42. The number of ether oxygens (including phenoxy) is 1. The summed E-state index contributed by atoms with van der Waals surface area (Å²) in [5.41, 5.74) is 0.0104. The molecule has 0 aliphatic carbocycles. The van der Waals surface area contributed by atoms with E-state index in [1.165, 1.54) is 12.8 Å². The molecule has 0 radical (unpaired) electrons. The van der Waals surface area contributed by atoms with Crippen molar-refractivity contribution in [3.8, 4) is 0 Å². The Morgan fingerprint density at radius 3 is 2.60 bits per heavy atom. The van der Waals surface area contributed by atoms with Crippen LogP contribution in [0, 0.1) is 0 Å². The highest BCUT2D eigenvalue weighted by Gasteiger charge is 2.30. The second-order valence-corrected chi connectivity index (χ2v) is 3.46. The van der Waals surface area contributed by atoms with Gasteiger partial charge >= 0.3 is 0 Å². The lowest BCUT2D eigenvalue weighted by molar-refractivity contribution is -0.00478. The third-order valence-electron chi connectivity index (χ3n) is 2.43. The van der Waals surface area contributed by atoms with Crippen LogP contribution in [0.5, 0.6) is 0 Å². The van der Waals surface area contributed by atoms with E-state index in [9.17, 15) is 0 Å². The Labute approximate surface area is 63.0 Å². The van der Waals surface area contributed by atoms with Gasteiger partial charge < -0.3 is 10.1 Å². The monoisotopic (exact) mass is 143 g/mol. The van der Waals surface area contributed by atoms with E-state index in [1.807, 2.05) is 0 Å². The van der Waals surface area contributed by atoms with E-state index in [4.69, 9.17) is 4.74 Å². The van der Waals surface area contributed by atoms with Crippen LogP contribution in [-0.4, -0.2) is 25.3 Å². The summed E-state index contributed by atoms with van der Waals surface area (Å²) in [6.07, 6.45) is 2.54. The Kier molecular flexibility index (Phi) is 2.32. The van der Waals surface area contributed by atoms with Gasteiger partial charge in [-0.25, -0.2) is 0 Å². The molecular formula is C8H17NO. The first-order valence-electron chi connectivity index (χ1n) is 3.95. The van der Waals surface area contributed by atoms with Crippen molar-refractivity contribution in [2.45, 2.75) is 38.3 Å². The highest BCUT2D eigenvalue weighted by Crippen LogP contribution is 2.20. The van der Waals surface area contributed by atoms with Gasteiger partial charge in [0.25, 0.3) is 0 Å². The molecule has 10 heavy (non-hydrogen) atoms. The fourth-order valence-corrected chi connectivity index (χ4v) is 1.42. The molecule has 0 aromatic rings. The minimum Gasteiger partial charge on any atom is -0.377 e. The predicted octanol–water partition coefficient (Wildman–Crippen LogP) is 1.16. The van der Waals surface area contributed by atoms with E-state index >= 15 is 0 Å². The number of hydrogen-bond donors (Lipinski definition) is 1. The predicted molar refractivity (Wildman–Crippen MR) is 42.1 cm³/mol. The molecule has 2 heteroatoms. The summed E-state index contributed by atoms with van der Waals surface area (Å²) in [5, 5.41) is 3.42. The summed E-state index contributed by atoms with van der Waals surface area (Å²) in [7, 11) is 1.78. The lowest BCUT2D eigenvalue weighted by Gasteiger charge is -2.29. The normalized spacial score (nSPS) is 27.3. The van der Waals surface area contributed by atoms with Crippen LogP contribution in [0.25, 0.3) is 0 Å². The lowest BCUT2D eigenvalue weighted by Crippen LogP contribution is -2.44. The van der Waals surface area contributed by atoms with Crippen molar-refractivity contribution in [3.05, 3.63) is 0 Å². The summed E-state index contributed by atoms with van der Waals surface area (Å²) in [5.74, 6) is 0. The van der Waals surface area contributed by atoms with Gasteiger partial charge in [0, 0.05) is 13.2 Å². The summed E-state index contributed by atoms with van der Waals surface area (Å²) >= 11 is 0. The van der Waals surface area contributed by atoms with Gasteiger partial charge in [0.2, 0.25) is 0 Å². The Morgan fingerprint density at radius 2 is 2.20 bits per heavy atom. The van der Waals surface area contributed by atoms with Crippen molar-refractivity contribution in [2.75, 3.05) is 13.7 Å². The average Bonchev–Trinajstić information content (AvgIpc) is 2.38. The minimum absolute atomic E-state index is 0.0104. The van der Waals surface area contributed by atoms with Crippen molar-refractivity contribution in [1.29, 1.82) is 0 Å². The molecular weight excluding hydrogens is 126 g/mol. The lowest BCUT2D eigenvalue weighted by atomic mass is 9.97. The van der Waals surface area contributed by atoms with Crippen LogP contribution >= 0.6 is 0 Å². The van der Waals surface area contributed by atoms with Crippen LogP contribution in [0.1, 0.15) is 26.7 Å². The first-order valence-corrected chi connectivity index (χ1v) is 3.95. The molecule has 0 amide bonds. The standard InChI is InChI=1S/C8H17NO/c1-8(2,10-3)7-5-4-6-9-7/h7,9H,4-6H2,1-3H3/t7-/m1/s1. The molecule has 0 aromatic heterocycles. The fraction of sp³-hybridized carbons (Fsp3) is 1.00. The first-order chi connectivity index (χ1) is 4.67. The van der Waals surface area contributed by atoms with Gasteiger partial charge in [0.1, 0.15) is 0 Å². The molecule has 0 unspecified atom stereocenters. The Bertz CT molecular complexity index is 106. The zero-order chi connectivity index (χ0) is 7.61. The molecule has 1 aliphatic rings. The number of hydrogen-bond acceptors (Lipinski definition) is 2. The van der Waals surface area contributed by atoms with Crippen molar-refractivity contribution >= 4 is 0 Å². The van der Waals surface area contributed by atoms with E-state index < -0.39 is 0 Å². The summed E-state index contributed by atoms with van der Waals surface area (Å²) in [6, 6.07) is 0.553. The van der Waals surface area contributed by atoms with Crippen molar-refractivity contribution in [2.24, 2.45) is 0 Å². The smallest absolute Gasteiger partial charge is 0.0775 e. The van der Waals surface area contributed by atoms with Gasteiger partial charge in [-0.05, 0) is 33.2 Å². The van der Waals surface area contributed by atoms with Crippen LogP contribution < -0.4 is 5.32 Å². The molecule has 1 saturated heterocycles. The van der Waals surface area contributed by atoms with Crippen molar-refractivity contribution in [1.82, 2.24) is 5.32 Å². The molecule has 1 rings (SSSR count). The zero-order valence-electron chi connectivity index (χ0n) is 7.11. The van der Waals surface area contributed by atoms with Crippen LogP contribution in [0.4, 0.5) is 0 Å². The molecule has 0 saturated carbocycles. The number of nitrogens with one attached hydrogen (secondary N) is 1. The fourth-order valence-electron chi connectivity index (χ4n) is 1.42. The van der Waals surface area contributed by atoms with Gasteiger partial charge in [-0.2, -0.15) is 0 Å². The van der Waals surface area contributed by atoms with E-state index in [-0.39, 0.29) is 5.60 Å². The molecule has 1 N–H and O–H groups in total. The van der Waals surface area contributed by atoms with E-state index in [0.29, 0.717) is 6.04 Å². The van der Waals surface area contributed by atoms with Gasteiger partial charge in [-0.1, -0.05) is 0 Å². The Morgan fingerprint density at radius 1 is 1.50 bits per heavy atom. The number of rotatable bonds is 2. The van der Waals surface area contributed by atoms with Crippen LogP contribution in [-0.2, 0) is 4.74 Å². The Hall–Kier alpha value is -0.0800. The van der Waals surface area contributed by atoms with Crippen LogP contribution in [0.15, 0.2) is 0 Å². The number of methoxy groups -OCH3 is 1. The topological polar surface area (TPSA) is 21.3 Å². The minimum atomic E-state index is 0.0104. The zero-order valence-corrected chi connectivity index (χ0v) is 7.11. The summed E-state index contributed by atoms with van der Waals surface area (Å²) < 4.78 is 5.36. The molecule has 1 aliphatic heterocycles. The third-order valence-corrected chi connectivity index (χ3v) is 2.43. The van der Waals surface area contributed by atoms with Crippen molar-refractivity contribution < 1.29 is 4.74 Å². The van der Waals surface area contributed by atoms with Crippen molar-refractivity contribution in [3.63, 3.8) is 0 Å². The molecule has 2 nitrogen and oxygen atoms in total. The SMILES string of the molecule is COC(C)(C)[C@H]1CCCN1. The average molecular weight is 143 g/mol. The molecule has 0 spiro atoms. The maximum atomic E-state index is 5.36. The first kappa shape index (κ1) is 8.02. The maximum absolute atomic E-state index is 5.36. The summed E-state index contributed by atoms with van der Waals surface area (Å²) in [4.78, 5) is 0. The highest BCUT2D eigenvalue weighted by molar-refractivity contribution is 4.88. The molecule has 60 valence electrons. The third kappa shape index (κ3) is 1.50. The van der Waals surface area contributed by atoms with E-state index in [1.54, 1.807) is 7.11 Å². The van der Waals surface area contributed by atoms with Gasteiger partial charge in [-0.15, -0.1) is 0 Å². The highest BCUT2D eigenvalue weighted by atomic mass is 16.5. The second-order valence-electron chi connectivity index (χ2n) is 3.46. The molecule has 1 atom stereocenters. The van der Waals surface area contributed by atoms with Gasteiger partial charge in [0.15, 0.2) is 0 Å².